The van der Waals surface area contributed by atoms with E-state index in [1.165, 1.54) is 135 Å². The Morgan fingerprint density at radius 1 is 0.458 bits per heavy atom. The molecule has 0 bridgehead atoms. The molecule has 9 heteroatoms. The van der Waals surface area contributed by atoms with Gasteiger partial charge >= 0.3 is 0 Å². The molecule has 2 atom stereocenters. The Hall–Kier alpha value is -5.70. The molecule has 0 radical (unpaired) electrons. The van der Waals surface area contributed by atoms with Gasteiger partial charge in [0.05, 0.1) is 41.4 Å². The van der Waals surface area contributed by atoms with Gasteiger partial charge < -0.3 is 26.0 Å². The number of benzene rings is 4. The molecule has 0 saturated carbocycles. The fourth-order valence-corrected chi connectivity index (χ4v) is 9.81. The highest BCUT2D eigenvalue weighted by molar-refractivity contribution is 5.99. The Balaban J connectivity index is 0.949. The molecule has 9 nitrogen and oxygen atoms in total. The zero-order valence-corrected chi connectivity index (χ0v) is 44.6. The van der Waals surface area contributed by atoms with Crippen molar-refractivity contribution in [2.75, 3.05) is 34.4 Å². The summed E-state index contributed by atoms with van der Waals surface area (Å²) in [5.74, 6) is 0.0603. The monoisotopic (exact) mass is 977 g/mol. The normalized spacial score (nSPS) is 12.8. The van der Waals surface area contributed by atoms with Gasteiger partial charge in [-0.2, -0.15) is 0 Å². The third-order valence-electron chi connectivity index (χ3n) is 14.5. The summed E-state index contributed by atoms with van der Waals surface area (Å²) in [6.07, 6.45) is 31.8. The second-order valence-corrected chi connectivity index (χ2v) is 20.7. The Labute approximate surface area is 432 Å². The molecular formula is C63H88N6O3. The SMILES string of the molecule is C=COC(CNc1ccc2cc3ccc(NC(=O)C(C)CCCCCCCCCCCCC)cc3nc2c1)CNc1ccc2cc3ccc(NC(=O)C(C)CCCCCCCCCCCCC)cc3nc2c1. The van der Waals surface area contributed by atoms with Crippen LogP contribution in [0.1, 0.15) is 182 Å². The quantitative estimate of drug-likeness (QED) is 0.0176. The van der Waals surface area contributed by atoms with Gasteiger partial charge in [-0.15, -0.1) is 0 Å². The lowest BCUT2D eigenvalue weighted by Gasteiger charge is -2.19. The van der Waals surface area contributed by atoms with Crippen molar-refractivity contribution >= 4 is 78.2 Å². The molecule has 0 aliphatic rings. The van der Waals surface area contributed by atoms with Crippen molar-refractivity contribution in [3.05, 3.63) is 97.8 Å². The van der Waals surface area contributed by atoms with Crippen LogP contribution in [0.3, 0.4) is 0 Å². The van der Waals surface area contributed by atoms with Crippen molar-refractivity contribution in [2.24, 2.45) is 11.8 Å². The Morgan fingerprint density at radius 2 is 0.764 bits per heavy atom. The van der Waals surface area contributed by atoms with E-state index in [0.717, 1.165) is 92.0 Å². The lowest BCUT2D eigenvalue weighted by molar-refractivity contribution is -0.120. The number of pyridine rings is 2. The van der Waals surface area contributed by atoms with Gasteiger partial charge in [0.25, 0.3) is 0 Å². The van der Waals surface area contributed by atoms with Crippen molar-refractivity contribution in [2.45, 2.75) is 188 Å². The van der Waals surface area contributed by atoms with Crippen molar-refractivity contribution in [3.63, 3.8) is 0 Å². The minimum absolute atomic E-state index is 0.0361. The second-order valence-electron chi connectivity index (χ2n) is 20.7. The molecule has 2 heterocycles. The molecule has 4 N–H and O–H groups in total. The van der Waals surface area contributed by atoms with Crippen LogP contribution in [0.4, 0.5) is 22.7 Å². The molecule has 2 aromatic heterocycles. The van der Waals surface area contributed by atoms with Crippen LogP contribution in [0.15, 0.2) is 97.8 Å². The minimum Gasteiger partial charge on any atom is -0.495 e. The molecule has 6 aromatic rings. The van der Waals surface area contributed by atoms with Gasteiger partial charge in [0.15, 0.2) is 0 Å². The summed E-state index contributed by atoms with van der Waals surface area (Å²) in [6.45, 7) is 13.5. The van der Waals surface area contributed by atoms with Gasteiger partial charge in [-0.3, -0.25) is 9.59 Å². The number of carbonyl (C=O) groups excluding carboxylic acids is 2. The van der Waals surface area contributed by atoms with Gasteiger partial charge in [0.2, 0.25) is 11.8 Å². The lowest BCUT2D eigenvalue weighted by Crippen LogP contribution is -2.29. The standard InChI is InChI=1S/C63H88N6O3/c1-6-9-11-13-15-17-19-21-23-25-27-29-47(4)62(70)66-55-37-33-51-39-49-31-35-53(41-58(49)68-60(51)43-55)64-45-57(72-8-3)46-65-54-36-32-50-40-52-34-38-56(44-61(52)69-59(50)42-54)67-63(71)48(5)30-28-26-24-22-20-18-16-14-12-10-7-2/h8,31-44,47-48,57,64-65H,3,6-7,9-30,45-46H2,1-2,4-5H3,(H,66,70)(H,67,71). The van der Waals surface area contributed by atoms with Crippen LogP contribution in [-0.2, 0) is 14.3 Å². The van der Waals surface area contributed by atoms with E-state index in [-0.39, 0.29) is 29.8 Å². The molecule has 72 heavy (non-hydrogen) atoms. The van der Waals surface area contributed by atoms with Crippen LogP contribution in [0.25, 0.3) is 43.6 Å². The zero-order valence-electron chi connectivity index (χ0n) is 44.6. The van der Waals surface area contributed by atoms with Crippen LogP contribution in [0.2, 0.25) is 0 Å². The predicted molar refractivity (Wildman–Crippen MR) is 308 cm³/mol. The molecule has 0 spiro atoms. The van der Waals surface area contributed by atoms with E-state index < -0.39 is 0 Å². The number of fused-ring (bicyclic) bond motifs is 4. The van der Waals surface area contributed by atoms with E-state index in [1.54, 1.807) is 0 Å². The third kappa shape index (κ3) is 18.7. The topological polar surface area (TPSA) is 117 Å². The number of rotatable bonds is 36. The number of ether oxygens (including phenoxy) is 1. The summed E-state index contributed by atoms with van der Waals surface area (Å²) >= 11 is 0. The van der Waals surface area contributed by atoms with Crippen LogP contribution < -0.4 is 21.3 Å². The Kier molecular flexibility index (Phi) is 24.0. The van der Waals surface area contributed by atoms with Crippen LogP contribution in [-0.4, -0.2) is 41.0 Å². The average molecular weight is 977 g/mol. The first kappa shape index (κ1) is 55.6. The number of hydrogen-bond donors (Lipinski definition) is 4. The highest BCUT2D eigenvalue weighted by atomic mass is 16.5. The van der Waals surface area contributed by atoms with Crippen LogP contribution in [0, 0.1) is 11.8 Å². The van der Waals surface area contributed by atoms with Gasteiger partial charge in [-0.25, -0.2) is 9.97 Å². The zero-order chi connectivity index (χ0) is 50.8. The van der Waals surface area contributed by atoms with E-state index in [2.05, 4.69) is 90.2 Å². The first-order valence-electron chi connectivity index (χ1n) is 28.3. The summed E-state index contributed by atoms with van der Waals surface area (Å²) < 4.78 is 5.95. The molecule has 0 aliphatic carbocycles. The first-order valence-corrected chi connectivity index (χ1v) is 28.3. The van der Waals surface area contributed by atoms with Crippen LogP contribution in [0.5, 0.6) is 0 Å². The minimum atomic E-state index is -0.213. The highest BCUT2D eigenvalue weighted by Gasteiger charge is 2.16. The van der Waals surface area contributed by atoms with E-state index in [0.29, 0.717) is 13.1 Å². The Morgan fingerprint density at radius 3 is 1.10 bits per heavy atom. The number of hydrogen-bond acceptors (Lipinski definition) is 7. The summed E-state index contributed by atoms with van der Waals surface area (Å²) in [5.41, 5.74) is 6.84. The van der Waals surface area contributed by atoms with Crippen molar-refractivity contribution in [1.29, 1.82) is 0 Å². The molecule has 2 amide bonds. The van der Waals surface area contributed by atoms with E-state index >= 15 is 0 Å². The van der Waals surface area contributed by atoms with Gasteiger partial charge in [-0.05, 0) is 73.5 Å². The molecule has 0 fully saturated rings. The molecule has 0 aliphatic heterocycles. The summed E-state index contributed by atoms with van der Waals surface area (Å²) in [7, 11) is 0. The molecule has 2 unspecified atom stereocenters. The van der Waals surface area contributed by atoms with Crippen molar-refractivity contribution in [1.82, 2.24) is 9.97 Å². The number of amides is 2. The van der Waals surface area contributed by atoms with Crippen LogP contribution >= 0.6 is 0 Å². The fraction of sp³-hybridized carbons (Fsp3) is 0.524. The predicted octanol–water partition coefficient (Wildman–Crippen LogP) is 17.7. The summed E-state index contributed by atoms with van der Waals surface area (Å²) in [4.78, 5) is 36.4. The maximum Gasteiger partial charge on any atom is 0.227 e. The second kappa shape index (κ2) is 31.0. The Bertz CT molecular complexity index is 2420. The smallest absolute Gasteiger partial charge is 0.227 e. The van der Waals surface area contributed by atoms with Gasteiger partial charge in [0, 0.05) is 56.1 Å². The maximum atomic E-state index is 13.2. The molecule has 6 rings (SSSR count). The highest BCUT2D eigenvalue weighted by Crippen LogP contribution is 2.28. The van der Waals surface area contributed by atoms with Gasteiger partial charge in [-0.1, -0.05) is 200 Å². The molecule has 388 valence electrons. The van der Waals surface area contributed by atoms with Gasteiger partial charge in [0.1, 0.15) is 6.10 Å². The number of carbonyl (C=O) groups is 2. The van der Waals surface area contributed by atoms with E-state index in [4.69, 9.17) is 14.7 Å². The molecule has 0 saturated heterocycles. The largest absolute Gasteiger partial charge is 0.495 e. The summed E-state index contributed by atoms with van der Waals surface area (Å²) in [6, 6.07) is 28.7. The first-order chi connectivity index (χ1) is 35.2. The molecular weight excluding hydrogens is 889 g/mol. The number of nitrogens with zero attached hydrogens (tertiary/aromatic N) is 2. The third-order valence-corrected chi connectivity index (χ3v) is 14.5. The fourth-order valence-electron chi connectivity index (χ4n) is 9.81. The number of anilines is 4. The maximum absolute atomic E-state index is 13.2. The van der Waals surface area contributed by atoms with Crippen molar-refractivity contribution in [3.8, 4) is 0 Å². The molecule has 4 aromatic carbocycles. The lowest BCUT2D eigenvalue weighted by atomic mass is 10.0. The number of unbranched alkanes of at least 4 members (excludes halogenated alkanes) is 20. The van der Waals surface area contributed by atoms with E-state index in [1.807, 2.05) is 50.2 Å². The van der Waals surface area contributed by atoms with Crippen molar-refractivity contribution < 1.29 is 14.3 Å². The van der Waals surface area contributed by atoms with E-state index in [9.17, 15) is 9.59 Å². The number of aromatic nitrogens is 2. The average Bonchev–Trinajstić information content (AvgIpc) is 3.38. The number of nitrogens with one attached hydrogen (secondary N) is 4. The summed E-state index contributed by atoms with van der Waals surface area (Å²) in [5, 5.41) is 17.6.